The average molecular weight is 283 g/mol. The number of allylic oxidation sites excluding steroid dienone is 2. The Bertz CT molecular complexity index is 387. The number of carbonyl (C=O) groups is 2. The van der Waals surface area contributed by atoms with Gasteiger partial charge in [-0.3, -0.25) is 9.59 Å². The zero-order chi connectivity index (χ0) is 15.3. The van der Waals surface area contributed by atoms with Crippen LogP contribution in [-0.2, 0) is 9.59 Å². The van der Waals surface area contributed by atoms with E-state index in [9.17, 15) is 14.7 Å². The number of aliphatic hydroxyl groups is 1. The Balaban J connectivity index is 2.57. The zero-order valence-electron chi connectivity index (χ0n) is 12.4. The Labute approximate surface area is 120 Å². The molecule has 0 spiro atoms. The van der Waals surface area contributed by atoms with Gasteiger partial charge in [0.1, 0.15) is 0 Å². The molecule has 1 aliphatic carbocycles. The second kappa shape index (κ2) is 6.88. The molecule has 0 heterocycles. The third kappa shape index (κ3) is 4.96. The number of aliphatic carboxylic acids is 1. The van der Waals surface area contributed by atoms with Gasteiger partial charge >= 0.3 is 5.97 Å². The maximum atomic E-state index is 12.1. The monoisotopic (exact) mass is 283 g/mol. The number of hydrogen-bond acceptors (Lipinski definition) is 3. The fourth-order valence-corrected chi connectivity index (χ4v) is 2.74. The number of amides is 1. The van der Waals surface area contributed by atoms with Crippen LogP contribution in [0.3, 0.4) is 0 Å². The van der Waals surface area contributed by atoms with E-state index in [4.69, 9.17) is 5.11 Å². The van der Waals surface area contributed by atoms with Crippen LogP contribution in [0.2, 0.25) is 0 Å². The van der Waals surface area contributed by atoms with E-state index in [0.29, 0.717) is 25.2 Å². The van der Waals surface area contributed by atoms with Gasteiger partial charge in [0.15, 0.2) is 0 Å². The Kier molecular flexibility index (Phi) is 5.74. The topological polar surface area (TPSA) is 86.6 Å². The molecule has 0 saturated heterocycles. The number of rotatable bonds is 6. The third-order valence-corrected chi connectivity index (χ3v) is 3.58. The number of carbonyl (C=O) groups excluding carboxylic acids is 1. The van der Waals surface area contributed by atoms with E-state index in [0.717, 1.165) is 0 Å². The maximum Gasteiger partial charge on any atom is 0.307 e. The van der Waals surface area contributed by atoms with Crippen molar-refractivity contribution < 1.29 is 19.8 Å². The van der Waals surface area contributed by atoms with Crippen molar-refractivity contribution in [1.82, 2.24) is 5.32 Å². The molecule has 114 valence electrons. The summed E-state index contributed by atoms with van der Waals surface area (Å²) in [7, 11) is 0. The molecular weight excluding hydrogens is 258 g/mol. The minimum atomic E-state index is -0.965. The summed E-state index contributed by atoms with van der Waals surface area (Å²) in [6, 6.07) is 0. The Morgan fingerprint density at radius 3 is 2.35 bits per heavy atom. The molecular formula is C15H25NO4. The summed E-state index contributed by atoms with van der Waals surface area (Å²) < 4.78 is 0. The van der Waals surface area contributed by atoms with Crippen LogP contribution in [0.5, 0.6) is 0 Å². The van der Waals surface area contributed by atoms with E-state index < -0.39 is 23.4 Å². The highest BCUT2D eigenvalue weighted by atomic mass is 16.4. The summed E-state index contributed by atoms with van der Waals surface area (Å²) in [4.78, 5) is 23.3. The number of carboxylic acid groups (broad SMARTS) is 1. The van der Waals surface area contributed by atoms with Crippen molar-refractivity contribution in [2.75, 3.05) is 6.54 Å². The van der Waals surface area contributed by atoms with Crippen molar-refractivity contribution in [2.24, 2.45) is 17.8 Å². The lowest BCUT2D eigenvalue weighted by atomic mass is 9.82. The van der Waals surface area contributed by atoms with Gasteiger partial charge in [0.25, 0.3) is 0 Å². The molecule has 1 aliphatic rings. The standard InChI is InChI=1S/C15H25NO4/c1-10(2)8-15(3,20)9-16-13(17)11-6-4-5-7-12(11)14(18)19/h4-5,10-12,20H,6-9H2,1-3H3,(H,16,17)(H,18,19)/t11-,12+,15?/m1/s1. The number of carboxylic acids is 1. The minimum Gasteiger partial charge on any atom is -0.481 e. The summed E-state index contributed by atoms with van der Waals surface area (Å²) in [6.45, 7) is 5.84. The van der Waals surface area contributed by atoms with Crippen molar-refractivity contribution in [3.8, 4) is 0 Å². The first-order valence-corrected chi connectivity index (χ1v) is 7.11. The summed E-state index contributed by atoms with van der Waals surface area (Å²) in [5.74, 6) is -2.12. The Morgan fingerprint density at radius 2 is 1.85 bits per heavy atom. The van der Waals surface area contributed by atoms with Gasteiger partial charge in [0.2, 0.25) is 5.91 Å². The van der Waals surface area contributed by atoms with Crippen molar-refractivity contribution >= 4 is 11.9 Å². The van der Waals surface area contributed by atoms with Crippen molar-refractivity contribution in [1.29, 1.82) is 0 Å². The second-order valence-corrected chi connectivity index (χ2v) is 6.31. The van der Waals surface area contributed by atoms with Gasteiger partial charge < -0.3 is 15.5 Å². The normalized spacial score (nSPS) is 25.2. The molecule has 0 radical (unpaired) electrons. The molecule has 3 N–H and O–H groups in total. The smallest absolute Gasteiger partial charge is 0.307 e. The fraction of sp³-hybridized carbons (Fsp3) is 0.733. The summed E-state index contributed by atoms with van der Waals surface area (Å²) in [6.07, 6.45) is 5.05. The second-order valence-electron chi connectivity index (χ2n) is 6.31. The van der Waals surface area contributed by atoms with Gasteiger partial charge in [-0.15, -0.1) is 0 Å². The van der Waals surface area contributed by atoms with Crippen LogP contribution < -0.4 is 5.32 Å². The van der Waals surface area contributed by atoms with Crippen molar-refractivity contribution in [2.45, 2.75) is 45.6 Å². The molecule has 5 nitrogen and oxygen atoms in total. The van der Waals surface area contributed by atoms with Gasteiger partial charge in [-0.2, -0.15) is 0 Å². The van der Waals surface area contributed by atoms with Gasteiger partial charge in [-0.05, 0) is 32.1 Å². The van der Waals surface area contributed by atoms with Crippen LogP contribution in [0.15, 0.2) is 12.2 Å². The molecule has 0 saturated carbocycles. The predicted octanol–water partition coefficient (Wildman–Crippen LogP) is 1.57. The van der Waals surface area contributed by atoms with Crippen LogP contribution in [0.1, 0.15) is 40.0 Å². The highest BCUT2D eigenvalue weighted by Gasteiger charge is 2.34. The lowest BCUT2D eigenvalue weighted by Crippen LogP contribution is -2.46. The van der Waals surface area contributed by atoms with Crippen LogP contribution >= 0.6 is 0 Å². The molecule has 0 bridgehead atoms. The summed E-state index contributed by atoms with van der Waals surface area (Å²) >= 11 is 0. The van der Waals surface area contributed by atoms with E-state index in [-0.39, 0.29) is 12.5 Å². The molecule has 20 heavy (non-hydrogen) atoms. The first kappa shape index (κ1) is 16.7. The third-order valence-electron chi connectivity index (χ3n) is 3.58. The van der Waals surface area contributed by atoms with E-state index in [1.807, 2.05) is 19.9 Å². The molecule has 1 amide bonds. The molecule has 5 heteroatoms. The van der Waals surface area contributed by atoms with Gasteiger partial charge in [-0.25, -0.2) is 0 Å². The molecule has 3 atom stereocenters. The SMILES string of the molecule is CC(C)CC(C)(O)CNC(=O)[C@@H]1CC=CC[C@@H]1C(=O)O. The Morgan fingerprint density at radius 1 is 1.30 bits per heavy atom. The number of hydrogen-bond donors (Lipinski definition) is 3. The lowest BCUT2D eigenvalue weighted by Gasteiger charge is -2.28. The van der Waals surface area contributed by atoms with E-state index in [1.165, 1.54) is 0 Å². The van der Waals surface area contributed by atoms with Gasteiger partial charge in [0.05, 0.1) is 17.4 Å². The molecule has 1 rings (SSSR count). The first-order chi connectivity index (χ1) is 9.23. The minimum absolute atomic E-state index is 0.149. The van der Waals surface area contributed by atoms with Gasteiger partial charge in [-0.1, -0.05) is 26.0 Å². The molecule has 0 fully saturated rings. The quantitative estimate of drug-likeness (QED) is 0.646. The van der Waals surface area contributed by atoms with Crippen molar-refractivity contribution in [3.63, 3.8) is 0 Å². The summed E-state index contributed by atoms with van der Waals surface area (Å²) in [5, 5.41) is 22.0. The maximum absolute atomic E-state index is 12.1. The van der Waals surface area contributed by atoms with Crippen molar-refractivity contribution in [3.05, 3.63) is 12.2 Å². The fourth-order valence-electron chi connectivity index (χ4n) is 2.74. The Hall–Kier alpha value is -1.36. The molecule has 1 unspecified atom stereocenters. The number of nitrogens with one attached hydrogen (secondary N) is 1. The predicted molar refractivity (Wildman–Crippen MR) is 76.1 cm³/mol. The average Bonchev–Trinajstić information content (AvgIpc) is 2.34. The highest BCUT2D eigenvalue weighted by Crippen LogP contribution is 2.26. The van der Waals surface area contributed by atoms with Crippen LogP contribution in [0.25, 0.3) is 0 Å². The van der Waals surface area contributed by atoms with E-state index in [1.54, 1.807) is 13.0 Å². The molecule has 0 aliphatic heterocycles. The van der Waals surface area contributed by atoms with E-state index in [2.05, 4.69) is 5.32 Å². The zero-order valence-corrected chi connectivity index (χ0v) is 12.4. The first-order valence-electron chi connectivity index (χ1n) is 7.11. The highest BCUT2D eigenvalue weighted by molar-refractivity contribution is 5.85. The largest absolute Gasteiger partial charge is 0.481 e. The molecule has 0 aromatic rings. The van der Waals surface area contributed by atoms with E-state index >= 15 is 0 Å². The summed E-state index contributed by atoms with van der Waals surface area (Å²) in [5.41, 5.74) is -0.965. The molecule has 0 aromatic carbocycles. The van der Waals surface area contributed by atoms with Gasteiger partial charge in [0, 0.05) is 6.54 Å². The van der Waals surface area contributed by atoms with Crippen LogP contribution in [0, 0.1) is 17.8 Å². The lowest BCUT2D eigenvalue weighted by molar-refractivity contribution is -0.147. The van der Waals surface area contributed by atoms with Crippen LogP contribution in [-0.4, -0.2) is 34.2 Å². The van der Waals surface area contributed by atoms with Crippen LogP contribution in [0.4, 0.5) is 0 Å². The molecule has 0 aromatic heterocycles.